The van der Waals surface area contributed by atoms with Gasteiger partial charge in [-0.3, -0.25) is 0 Å². The van der Waals surface area contributed by atoms with Gasteiger partial charge >= 0.3 is 0 Å². The summed E-state index contributed by atoms with van der Waals surface area (Å²) in [7, 11) is 0. The first kappa shape index (κ1) is 13.4. The van der Waals surface area contributed by atoms with Gasteiger partial charge in [-0.1, -0.05) is 32.1 Å². The third kappa shape index (κ3) is 4.26. The van der Waals surface area contributed by atoms with Crippen molar-refractivity contribution in [3.8, 4) is 0 Å². The molecule has 1 saturated heterocycles. The Hall–Kier alpha value is -0.0800. The van der Waals surface area contributed by atoms with Gasteiger partial charge in [0.25, 0.3) is 0 Å². The highest BCUT2D eigenvalue weighted by Crippen LogP contribution is 2.27. The van der Waals surface area contributed by atoms with E-state index in [1.165, 1.54) is 70.9 Å². The lowest BCUT2D eigenvalue weighted by Crippen LogP contribution is -2.41. The molecule has 0 bridgehead atoms. The van der Waals surface area contributed by atoms with Crippen LogP contribution in [0.1, 0.15) is 64.2 Å². The molecule has 100 valence electrons. The van der Waals surface area contributed by atoms with Gasteiger partial charge in [0, 0.05) is 12.6 Å². The van der Waals surface area contributed by atoms with E-state index in [2.05, 4.69) is 4.90 Å². The van der Waals surface area contributed by atoms with Crippen LogP contribution in [0, 0.1) is 5.92 Å². The monoisotopic (exact) mass is 239 g/mol. The van der Waals surface area contributed by atoms with Gasteiger partial charge in [0.15, 0.2) is 0 Å². The minimum absolute atomic E-state index is 0.383. The number of rotatable bonds is 3. The molecule has 0 atom stereocenters. The van der Waals surface area contributed by atoms with Crippen molar-refractivity contribution in [2.45, 2.75) is 70.3 Å². The van der Waals surface area contributed by atoms with E-state index < -0.39 is 0 Å². The Morgan fingerprint density at radius 2 is 1.41 bits per heavy atom. The topological polar surface area (TPSA) is 23.5 Å². The maximum absolute atomic E-state index is 8.99. The Morgan fingerprint density at radius 1 is 0.824 bits per heavy atom. The third-order valence-corrected chi connectivity index (χ3v) is 4.78. The Labute approximate surface area is 106 Å². The predicted octanol–water partition coefficient (Wildman–Crippen LogP) is 3.19. The number of hydrogen-bond donors (Lipinski definition) is 1. The van der Waals surface area contributed by atoms with Crippen LogP contribution in [0.4, 0.5) is 0 Å². The summed E-state index contributed by atoms with van der Waals surface area (Å²) in [6.07, 6.45) is 13.8. The van der Waals surface area contributed by atoms with Crippen molar-refractivity contribution in [3.05, 3.63) is 0 Å². The molecule has 2 rings (SSSR count). The molecule has 1 N–H and O–H groups in total. The lowest BCUT2D eigenvalue weighted by Gasteiger charge is -2.38. The number of aliphatic hydroxyl groups is 1. The molecule has 1 saturated carbocycles. The van der Waals surface area contributed by atoms with Crippen molar-refractivity contribution < 1.29 is 5.11 Å². The molecule has 0 unspecified atom stereocenters. The minimum Gasteiger partial charge on any atom is -0.396 e. The molecule has 0 radical (unpaired) electrons. The molecule has 2 fully saturated rings. The highest BCUT2D eigenvalue weighted by Gasteiger charge is 2.24. The summed E-state index contributed by atoms with van der Waals surface area (Å²) < 4.78 is 0. The molecule has 0 aromatic carbocycles. The lowest BCUT2D eigenvalue weighted by atomic mass is 9.90. The first-order valence-electron chi connectivity index (χ1n) is 7.75. The van der Waals surface area contributed by atoms with Crippen LogP contribution in [0.15, 0.2) is 0 Å². The number of aliphatic hydroxyl groups excluding tert-OH is 1. The Morgan fingerprint density at radius 3 is 2.00 bits per heavy atom. The highest BCUT2D eigenvalue weighted by molar-refractivity contribution is 4.79. The van der Waals surface area contributed by atoms with Gasteiger partial charge in [0.05, 0.1) is 0 Å². The molecular weight excluding hydrogens is 210 g/mol. The van der Waals surface area contributed by atoms with E-state index in [4.69, 9.17) is 5.11 Å². The maximum atomic E-state index is 8.99. The maximum Gasteiger partial charge on any atom is 0.0433 e. The fourth-order valence-electron chi connectivity index (χ4n) is 3.59. The molecule has 2 nitrogen and oxygen atoms in total. The van der Waals surface area contributed by atoms with Crippen LogP contribution in [0.3, 0.4) is 0 Å². The molecule has 1 aliphatic heterocycles. The van der Waals surface area contributed by atoms with Crippen LogP contribution in [0.25, 0.3) is 0 Å². The van der Waals surface area contributed by atoms with E-state index in [0.29, 0.717) is 6.61 Å². The first-order chi connectivity index (χ1) is 8.40. The van der Waals surface area contributed by atoms with Crippen molar-refractivity contribution in [2.24, 2.45) is 5.92 Å². The Balaban J connectivity index is 1.74. The van der Waals surface area contributed by atoms with Crippen LogP contribution < -0.4 is 0 Å². The zero-order valence-corrected chi connectivity index (χ0v) is 11.2. The van der Waals surface area contributed by atoms with E-state index in [9.17, 15) is 0 Å². The van der Waals surface area contributed by atoms with Crippen LogP contribution in [-0.2, 0) is 0 Å². The highest BCUT2D eigenvalue weighted by atomic mass is 16.3. The molecule has 0 aromatic rings. The minimum atomic E-state index is 0.383. The van der Waals surface area contributed by atoms with Gasteiger partial charge in [-0.05, 0) is 51.1 Å². The molecule has 2 heteroatoms. The standard InChI is InChI=1S/C15H29NO/c17-13-10-14-8-11-16(12-9-14)15-6-4-2-1-3-5-7-15/h14-15,17H,1-13H2. The SMILES string of the molecule is OCCC1CCN(C2CCCCCCC2)CC1. The molecule has 0 aromatic heterocycles. The quantitative estimate of drug-likeness (QED) is 0.817. The molecule has 1 aliphatic carbocycles. The van der Waals surface area contributed by atoms with Crippen LogP contribution in [0.2, 0.25) is 0 Å². The van der Waals surface area contributed by atoms with E-state index in [-0.39, 0.29) is 0 Å². The number of likely N-dealkylation sites (tertiary alicyclic amines) is 1. The Bertz CT molecular complexity index is 191. The zero-order valence-electron chi connectivity index (χ0n) is 11.2. The van der Waals surface area contributed by atoms with Crippen molar-refractivity contribution in [1.29, 1.82) is 0 Å². The molecule has 17 heavy (non-hydrogen) atoms. The zero-order chi connectivity index (χ0) is 11.9. The summed E-state index contributed by atoms with van der Waals surface area (Å²) in [5.74, 6) is 0.796. The van der Waals surface area contributed by atoms with E-state index >= 15 is 0 Å². The van der Waals surface area contributed by atoms with Gasteiger partial charge in [0.2, 0.25) is 0 Å². The summed E-state index contributed by atoms with van der Waals surface area (Å²) in [4.78, 5) is 2.75. The first-order valence-corrected chi connectivity index (χ1v) is 7.75. The van der Waals surface area contributed by atoms with Crippen LogP contribution in [-0.4, -0.2) is 35.7 Å². The fourth-order valence-corrected chi connectivity index (χ4v) is 3.59. The van der Waals surface area contributed by atoms with Crippen LogP contribution >= 0.6 is 0 Å². The lowest BCUT2D eigenvalue weighted by molar-refractivity contribution is 0.103. The fraction of sp³-hybridized carbons (Fsp3) is 1.00. The van der Waals surface area contributed by atoms with Crippen molar-refractivity contribution in [1.82, 2.24) is 4.90 Å². The summed E-state index contributed by atoms with van der Waals surface area (Å²) in [6, 6.07) is 0.880. The van der Waals surface area contributed by atoms with Gasteiger partial charge in [-0.15, -0.1) is 0 Å². The molecule has 1 heterocycles. The van der Waals surface area contributed by atoms with E-state index in [1.54, 1.807) is 0 Å². The summed E-state index contributed by atoms with van der Waals surface area (Å²) in [5.41, 5.74) is 0. The molecule has 0 amide bonds. The summed E-state index contributed by atoms with van der Waals surface area (Å²) in [6.45, 7) is 2.96. The second-order valence-corrected chi connectivity index (χ2v) is 5.99. The Kier molecular flexibility index (Phi) is 5.79. The van der Waals surface area contributed by atoms with Gasteiger partial charge in [-0.25, -0.2) is 0 Å². The van der Waals surface area contributed by atoms with Crippen molar-refractivity contribution in [3.63, 3.8) is 0 Å². The molecule has 2 aliphatic rings. The number of hydrogen-bond acceptors (Lipinski definition) is 2. The number of nitrogens with zero attached hydrogens (tertiary/aromatic N) is 1. The smallest absolute Gasteiger partial charge is 0.0433 e. The van der Waals surface area contributed by atoms with Crippen LogP contribution in [0.5, 0.6) is 0 Å². The van der Waals surface area contributed by atoms with Crippen molar-refractivity contribution in [2.75, 3.05) is 19.7 Å². The number of piperidine rings is 1. The average molecular weight is 239 g/mol. The van der Waals surface area contributed by atoms with E-state index in [0.717, 1.165) is 18.4 Å². The molecular formula is C15H29NO. The normalized spacial score (nSPS) is 26.6. The summed E-state index contributed by atoms with van der Waals surface area (Å²) >= 11 is 0. The van der Waals surface area contributed by atoms with Gasteiger partial charge < -0.3 is 10.0 Å². The average Bonchev–Trinajstić information content (AvgIpc) is 2.30. The largest absolute Gasteiger partial charge is 0.396 e. The third-order valence-electron chi connectivity index (χ3n) is 4.78. The second kappa shape index (κ2) is 7.38. The summed E-state index contributed by atoms with van der Waals surface area (Å²) in [5, 5.41) is 8.99. The predicted molar refractivity (Wildman–Crippen MR) is 72.1 cm³/mol. The molecule has 0 spiro atoms. The second-order valence-electron chi connectivity index (χ2n) is 5.99. The van der Waals surface area contributed by atoms with Crippen molar-refractivity contribution >= 4 is 0 Å². The van der Waals surface area contributed by atoms with Gasteiger partial charge in [-0.2, -0.15) is 0 Å². The van der Waals surface area contributed by atoms with Gasteiger partial charge in [0.1, 0.15) is 0 Å². The van der Waals surface area contributed by atoms with E-state index in [1.807, 2.05) is 0 Å².